The Morgan fingerprint density at radius 3 is 0.952 bits per heavy atom. The minimum Gasteiger partial charge on any atom is -0.0715 e. The first-order valence-corrected chi connectivity index (χ1v) is 16.6. The molecule has 0 saturated heterocycles. The van der Waals surface area contributed by atoms with Gasteiger partial charge in [-0.15, -0.1) is 0 Å². The molecule has 21 heavy (non-hydrogen) atoms. The maximum absolute atomic E-state index is 2.32. The maximum Gasteiger partial charge on any atom is 0.0379 e. The molecule has 1 aliphatic heterocycles. The molecule has 0 fully saturated rings. The summed E-state index contributed by atoms with van der Waals surface area (Å²) in [5.41, 5.74) is 3.48. The molecule has 0 amide bonds. The van der Waals surface area contributed by atoms with E-state index in [1.165, 1.54) is 25.7 Å². The Hall–Kier alpha value is 0.457. The van der Waals surface area contributed by atoms with Crippen molar-refractivity contribution < 1.29 is 0 Å². The summed E-state index contributed by atoms with van der Waals surface area (Å²) in [6.45, 7) is 22.9. The Morgan fingerprint density at radius 2 is 0.810 bits per heavy atom. The zero-order chi connectivity index (χ0) is 17.0. The van der Waals surface area contributed by atoms with Crippen molar-refractivity contribution in [3.8, 4) is 0 Å². The monoisotopic (exact) mass is 384 g/mol. The number of hydrogen-bond donors (Lipinski definition) is 0. The van der Waals surface area contributed by atoms with Gasteiger partial charge >= 0.3 is 88.8 Å². The smallest absolute Gasteiger partial charge is 0.0379 e. The number of allylic oxidation sites excluding steroid dienone is 4. The molecule has 0 saturated carbocycles. The van der Waals surface area contributed by atoms with E-state index in [4.69, 9.17) is 0 Å². The zero-order valence-electron chi connectivity index (χ0n) is 16.3. The standard InChI is InChI=1S/C12H20Ge.2C3H9Si/c1-5-9-10(6-2)12(8-4)13-11(9)7-3;2*1-4(2)3/h5-8H2,1-4H3;2*1-3H3. The normalized spacial score (nSPS) is 14.3. The minimum atomic E-state index is 0.120. The van der Waals surface area contributed by atoms with E-state index in [1.807, 2.05) is 8.81 Å². The van der Waals surface area contributed by atoms with E-state index in [9.17, 15) is 0 Å². The van der Waals surface area contributed by atoms with Gasteiger partial charge in [-0.3, -0.25) is 0 Å². The first-order chi connectivity index (χ1) is 9.74. The molecule has 0 aromatic rings. The van der Waals surface area contributed by atoms with E-state index in [0.29, 0.717) is 0 Å². The van der Waals surface area contributed by atoms with Gasteiger partial charge in [-0.1, -0.05) is 39.3 Å². The molecule has 0 bridgehead atoms. The third-order valence-electron chi connectivity index (χ3n) is 2.81. The Labute approximate surface area is 145 Å². The maximum atomic E-state index is 2.32. The minimum absolute atomic E-state index is 0.120. The summed E-state index contributed by atoms with van der Waals surface area (Å²) < 4.78 is 3.66. The Bertz CT molecular complexity index is 291. The average Bonchev–Trinajstić information content (AvgIpc) is 2.73. The van der Waals surface area contributed by atoms with Crippen LogP contribution in [-0.2, 0) is 0 Å². The van der Waals surface area contributed by atoms with Crippen LogP contribution in [0.1, 0.15) is 53.4 Å². The molecule has 1 aliphatic rings. The largest absolute Gasteiger partial charge is 0.0715 e. The van der Waals surface area contributed by atoms with Gasteiger partial charge in [-0.25, -0.2) is 0 Å². The molecule has 0 aromatic carbocycles. The molecule has 0 aromatic heterocycles. The van der Waals surface area contributed by atoms with Crippen LogP contribution < -0.4 is 0 Å². The molecule has 1 heterocycles. The summed E-state index contributed by atoms with van der Waals surface area (Å²) in [6.07, 6.45) is 5.13. The van der Waals surface area contributed by atoms with Crippen molar-refractivity contribution in [1.29, 1.82) is 0 Å². The molecular weight excluding hydrogens is 345 g/mol. The molecule has 0 atom stereocenters. The van der Waals surface area contributed by atoms with Crippen LogP contribution in [0.15, 0.2) is 20.0 Å². The van der Waals surface area contributed by atoms with Crippen molar-refractivity contribution >= 4 is 33.0 Å². The third kappa shape index (κ3) is 11.7. The summed E-state index contributed by atoms with van der Waals surface area (Å²) in [4.78, 5) is 0. The van der Waals surface area contributed by atoms with E-state index in [-0.39, 0.29) is 33.0 Å². The van der Waals surface area contributed by atoms with Crippen LogP contribution in [0.2, 0.25) is 39.3 Å². The summed E-state index contributed by atoms with van der Waals surface area (Å²) in [5, 5.41) is 0. The van der Waals surface area contributed by atoms with E-state index in [0.717, 1.165) is 0 Å². The molecule has 0 aliphatic carbocycles. The predicted molar refractivity (Wildman–Crippen MR) is 108 cm³/mol. The molecular formula is C18H38GeSi2. The van der Waals surface area contributed by atoms with E-state index < -0.39 is 0 Å². The van der Waals surface area contributed by atoms with Crippen LogP contribution in [0, 0.1) is 0 Å². The summed E-state index contributed by atoms with van der Waals surface area (Å²) in [6, 6.07) is 0. The molecule has 0 unspecified atom stereocenters. The van der Waals surface area contributed by atoms with Crippen molar-refractivity contribution in [2.45, 2.75) is 92.7 Å². The predicted octanol–water partition coefficient (Wildman–Crippen LogP) is 6.59. The van der Waals surface area contributed by atoms with Gasteiger partial charge in [-0.2, -0.15) is 0 Å². The van der Waals surface area contributed by atoms with Gasteiger partial charge in [0.25, 0.3) is 0 Å². The summed E-state index contributed by atoms with van der Waals surface area (Å²) in [5.74, 6) is 0. The molecule has 3 heteroatoms. The SMILES string of the molecule is CC[C]1=C(CC)C(CC)=[C](CC)[Ge]1.C[Si](C)C.C[Si](C)C. The van der Waals surface area contributed by atoms with Gasteiger partial charge in [-0.05, 0) is 0 Å². The fraction of sp³-hybridized carbons (Fsp3) is 0.778. The topological polar surface area (TPSA) is 0 Å². The Morgan fingerprint density at radius 1 is 0.571 bits per heavy atom. The second kappa shape index (κ2) is 14.1. The van der Waals surface area contributed by atoms with Gasteiger partial charge in [0.15, 0.2) is 0 Å². The zero-order valence-corrected chi connectivity index (χ0v) is 20.4. The van der Waals surface area contributed by atoms with Crippen molar-refractivity contribution in [3.05, 3.63) is 20.0 Å². The van der Waals surface area contributed by atoms with Crippen LogP contribution in [0.3, 0.4) is 0 Å². The first kappa shape index (κ1) is 23.7. The Kier molecular flexibility index (Phi) is 15.9. The van der Waals surface area contributed by atoms with Crippen LogP contribution in [0.5, 0.6) is 0 Å². The van der Waals surface area contributed by atoms with E-state index in [2.05, 4.69) is 67.0 Å². The number of hydrogen-bond acceptors (Lipinski definition) is 0. The van der Waals surface area contributed by atoms with Crippen molar-refractivity contribution in [2.75, 3.05) is 0 Å². The van der Waals surface area contributed by atoms with Gasteiger partial charge < -0.3 is 0 Å². The third-order valence-corrected chi connectivity index (χ3v) is 6.82. The van der Waals surface area contributed by atoms with Crippen LogP contribution in [0.4, 0.5) is 0 Å². The fourth-order valence-corrected chi connectivity index (χ4v) is 5.67. The van der Waals surface area contributed by atoms with Gasteiger partial charge in [0.1, 0.15) is 0 Å². The fourth-order valence-electron chi connectivity index (χ4n) is 2.15. The molecule has 0 spiro atoms. The summed E-state index contributed by atoms with van der Waals surface area (Å²) >= 11 is 0.140. The van der Waals surface area contributed by atoms with Crippen LogP contribution in [0.25, 0.3) is 0 Å². The molecule has 0 N–H and O–H groups in total. The van der Waals surface area contributed by atoms with Crippen molar-refractivity contribution in [1.82, 2.24) is 0 Å². The second-order valence-electron chi connectivity index (χ2n) is 6.45. The first-order valence-electron chi connectivity index (χ1n) is 8.49. The van der Waals surface area contributed by atoms with E-state index >= 15 is 0 Å². The van der Waals surface area contributed by atoms with E-state index in [1.54, 1.807) is 11.1 Å². The average molecular weight is 383 g/mol. The van der Waals surface area contributed by atoms with Gasteiger partial charge in [0, 0.05) is 17.6 Å². The van der Waals surface area contributed by atoms with Crippen LogP contribution in [-0.4, -0.2) is 33.0 Å². The summed E-state index contributed by atoms with van der Waals surface area (Å²) in [7, 11) is 0.241. The Balaban J connectivity index is 0. The van der Waals surface area contributed by atoms with Crippen LogP contribution >= 0.6 is 0 Å². The van der Waals surface area contributed by atoms with Crippen molar-refractivity contribution in [2.24, 2.45) is 0 Å². The molecule has 122 valence electrons. The van der Waals surface area contributed by atoms with Gasteiger partial charge in [0.05, 0.1) is 0 Å². The van der Waals surface area contributed by atoms with Gasteiger partial charge in [0.2, 0.25) is 0 Å². The molecule has 4 radical (unpaired) electrons. The molecule has 0 nitrogen and oxygen atoms in total. The molecule has 1 rings (SSSR count). The van der Waals surface area contributed by atoms with Crippen molar-refractivity contribution in [3.63, 3.8) is 0 Å². The quantitative estimate of drug-likeness (QED) is 0.480. The second-order valence-corrected chi connectivity index (χ2v) is 15.5. The number of rotatable bonds is 4.